The molecule has 0 bridgehead atoms. The molecule has 160 valence electrons. The molecule has 1 saturated heterocycles. The van der Waals surface area contributed by atoms with E-state index in [1.54, 1.807) is 17.0 Å². The average Bonchev–Trinajstić information content (AvgIpc) is 3.25. The van der Waals surface area contributed by atoms with Crippen molar-refractivity contribution in [1.82, 2.24) is 9.80 Å². The Morgan fingerprint density at radius 2 is 1.77 bits per heavy atom. The predicted molar refractivity (Wildman–Crippen MR) is 106 cm³/mol. The first-order valence-electron chi connectivity index (χ1n) is 8.94. The lowest BCUT2D eigenvalue weighted by Gasteiger charge is -2.34. The zero-order valence-corrected chi connectivity index (χ0v) is 17.6. The van der Waals surface area contributed by atoms with Gasteiger partial charge in [0.15, 0.2) is 22.2 Å². The van der Waals surface area contributed by atoms with Gasteiger partial charge in [0.2, 0.25) is 0 Å². The topological polar surface area (TPSA) is 114 Å². The number of carbonyl (C=O) groups excluding carboxylic acids is 3. The third-order valence-corrected chi connectivity index (χ3v) is 6.00. The first-order valence-corrected chi connectivity index (χ1v) is 11.2. The number of piperazine rings is 1. The number of ether oxygens (including phenoxy) is 1. The highest BCUT2D eigenvalue weighted by molar-refractivity contribution is 7.90. The first-order chi connectivity index (χ1) is 14.2. The van der Waals surface area contributed by atoms with E-state index in [1.807, 2.05) is 0 Å². The Morgan fingerprint density at radius 3 is 2.37 bits per heavy atom. The number of hydrogen-bond donors (Lipinski definition) is 0. The normalized spacial score (nSPS) is 14.5. The Kier molecular flexibility index (Phi) is 6.47. The number of esters is 1. The summed E-state index contributed by atoms with van der Waals surface area (Å²) in [6.45, 7) is 0.688. The van der Waals surface area contributed by atoms with Gasteiger partial charge < -0.3 is 19.0 Å². The summed E-state index contributed by atoms with van der Waals surface area (Å²) in [6, 6.07) is 6.88. The van der Waals surface area contributed by atoms with Crippen molar-refractivity contribution in [2.24, 2.45) is 0 Å². The molecule has 1 aliphatic heterocycles. The van der Waals surface area contributed by atoms with E-state index in [0.717, 1.165) is 12.3 Å². The van der Waals surface area contributed by atoms with Gasteiger partial charge in [0.1, 0.15) is 0 Å². The highest BCUT2D eigenvalue weighted by atomic mass is 35.5. The van der Waals surface area contributed by atoms with Gasteiger partial charge >= 0.3 is 5.97 Å². The van der Waals surface area contributed by atoms with Crippen LogP contribution >= 0.6 is 11.6 Å². The SMILES string of the molecule is CS(=O)(=O)c1ccc(Cl)c(C(=O)OCC(=O)N2CCN(C(=O)c3ccco3)CC2)c1. The lowest BCUT2D eigenvalue weighted by molar-refractivity contribution is -0.136. The van der Waals surface area contributed by atoms with Crippen molar-refractivity contribution in [2.45, 2.75) is 4.90 Å². The van der Waals surface area contributed by atoms with Crippen LogP contribution in [0.15, 0.2) is 45.9 Å². The maximum absolute atomic E-state index is 12.3. The fourth-order valence-electron chi connectivity index (χ4n) is 2.90. The molecule has 0 N–H and O–H groups in total. The molecule has 2 heterocycles. The van der Waals surface area contributed by atoms with E-state index >= 15 is 0 Å². The van der Waals surface area contributed by atoms with Gasteiger partial charge in [-0.2, -0.15) is 0 Å². The number of furan rings is 1. The van der Waals surface area contributed by atoms with Gasteiger partial charge in [0.05, 0.1) is 21.7 Å². The highest BCUT2D eigenvalue weighted by Gasteiger charge is 2.27. The van der Waals surface area contributed by atoms with Crippen LogP contribution in [0.25, 0.3) is 0 Å². The van der Waals surface area contributed by atoms with Crippen molar-refractivity contribution in [3.05, 3.63) is 52.9 Å². The summed E-state index contributed by atoms with van der Waals surface area (Å²) in [5.41, 5.74) is -0.138. The predicted octanol–water partition coefficient (Wildman–Crippen LogP) is 1.48. The molecule has 0 aliphatic carbocycles. The molecule has 1 fully saturated rings. The minimum atomic E-state index is -3.53. The number of nitrogens with zero attached hydrogens (tertiary/aromatic N) is 2. The smallest absolute Gasteiger partial charge is 0.340 e. The van der Waals surface area contributed by atoms with E-state index in [-0.39, 0.29) is 40.2 Å². The molecule has 1 aromatic heterocycles. The molecule has 0 spiro atoms. The molecule has 2 amide bonds. The molecule has 2 aromatic rings. The molecular formula is C19H19ClN2O7S. The fourth-order valence-corrected chi connectivity index (χ4v) is 3.74. The molecule has 0 saturated carbocycles. The Morgan fingerprint density at radius 1 is 1.10 bits per heavy atom. The van der Waals surface area contributed by atoms with E-state index in [0.29, 0.717) is 13.1 Å². The van der Waals surface area contributed by atoms with Crippen LogP contribution in [0.2, 0.25) is 5.02 Å². The zero-order valence-electron chi connectivity index (χ0n) is 16.0. The molecule has 0 radical (unpaired) electrons. The number of amides is 2. The van der Waals surface area contributed by atoms with Crippen LogP contribution in [-0.4, -0.2) is 75.0 Å². The summed E-state index contributed by atoms with van der Waals surface area (Å²) in [7, 11) is -3.53. The van der Waals surface area contributed by atoms with Crippen LogP contribution in [-0.2, 0) is 19.4 Å². The molecule has 0 atom stereocenters. The monoisotopic (exact) mass is 454 g/mol. The molecule has 30 heavy (non-hydrogen) atoms. The summed E-state index contributed by atoms with van der Waals surface area (Å²) in [4.78, 5) is 39.8. The number of sulfone groups is 1. The molecule has 9 nitrogen and oxygen atoms in total. The van der Waals surface area contributed by atoms with E-state index in [4.69, 9.17) is 20.8 Å². The summed E-state index contributed by atoms with van der Waals surface area (Å²) in [5, 5.41) is 0.0184. The lowest BCUT2D eigenvalue weighted by Crippen LogP contribution is -2.51. The van der Waals surface area contributed by atoms with Gasteiger partial charge in [-0.15, -0.1) is 0 Å². The van der Waals surface area contributed by atoms with E-state index in [9.17, 15) is 22.8 Å². The Labute approximate surface area is 178 Å². The van der Waals surface area contributed by atoms with E-state index in [1.165, 1.54) is 23.3 Å². The van der Waals surface area contributed by atoms with Crippen LogP contribution in [0.3, 0.4) is 0 Å². The van der Waals surface area contributed by atoms with Crippen molar-refractivity contribution in [3.63, 3.8) is 0 Å². The third-order valence-electron chi connectivity index (χ3n) is 4.56. The Bertz CT molecular complexity index is 1060. The average molecular weight is 455 g/mol. The summed E-state index contributed by atoms with van der Waals surface area (Å²) < 4.78 is 33.4. The lowest BCUT2D eigenvalue weighted by atomic mass is 10.2. The summed E-state index contributed by atoms with van der Waals surface area (Å²) >= 11 is 5.96. The van der Waals surface area contributed by atoms with Crippen molar-refractivity contribution in [1.29, 1.82) is 0 Å². The second-order valence-corrected chi connectivity index (χ2v) is 9.06. The largest absolute Gasteiger partial charge is 0.459 e. The summed E-state index contributed by atoms with van der Waals surface area (Å²) in [5.74, 6) is -1.34. The molecule has 11 heteroatoms. The summed E-state index contributed by atoms with van der Waals surface area (Å²) in [6.07, 6.45) is 2.42. The van der Waals surface area contributed by atoms with Crippen molar-refractivity contribution in [2.75, 3.05) is 39.0 Å². The Balaban J connectivity index is 1.54. The van der Waals surface area contributed by atoms with Gasteiger partial charge in [-0.05, 0) is 30.3 Å². The Hall–Kier alpha value is -2.85. The van der Waals surface area contributed by atoms with Crippen LogP contribution in [0, 0.1) is 0 Å². The fraction of sp³-hybridized carbons (Fsp3) is 0.316. The molecule has 1 aliphatic rings. The minimum absolute atomic E-state index is 0.0184. The standard InChI is InChI=1S/C19H19ClN2O7S/c1-30(26,27)13-4-5-15(20)14(11-13)19(25)29-12-17(23)21-6-8-22(9-7-21)18(24)16-3-2-10-28-16/h2-5,10-11H,6-9,12H2,1H3. The third kappa shape index (κ3) is 5.00. The number of halogens is 1. The highest BCUT2D eigenvalue weighted by Crippen LogP contribution is 2.21. The van der Waals surface area contributed by atoms with Crippen LogP contribution in [0.1, 0.15) is 20.9 Å². The van der Waals surface area contributed by atoms with Crippen LogP contribution in [0.4, 0.5) is 0 Å². The zero-order chi connectivity index (χ0) is 21.9. The molecule has 1 aromatic carbocycles. The van der Waals surface area contributed by atoms with Gasteiger partial charge in [0, 0.05) is 32.4 Å². The number of rotatable bonds is 5. The molecule has 3 rings (SSSR count). The number of benzene rings is 1. The molecular weight excluding hydrogens is 436 g/mol. The number of carbonyl (C=O) groups is 3. The minimum Gasteiger partial charge on any atom is -0.459 e. The van der Waals surface area contributed by atoms with Crippen molar-refractivity contribution >= 4 is 39.2 Å². The molecule has 0 unspecified atom stereocenters. The van der Waals surface area contributed by atoms with Gasteiger partial charge in [-0.3, -0.25) is 9.59 Å². The quantitative estimate of drug-likeness (QED) is 0.628. The van der Waals surface area contributed by atoms with E-state index in [2.05, 4.69) is 0 Å². The van der Waals surface area contributed by atoms with Crippen molar-refractivity contribution in [3.8, 4) is 0 Å². The first kappa shape index (κ1) is 21.8. The van der Waals surface area contributed by atoms with Crippen LogP contribution < -0.4 is 0 Å². The maximum Gasteiger partial charge on any atom is 0.340 e. The maximum atomic E-state index is 12.3. The second kappa shape index (κ2) is 8.88. The van der Waals surface area contributed by atoms with Gasteiger partial charge in [-0.1, -0.05) is 11.6 Å². The van der Waals surface area contributed by atoms with Crippen molar-refractivity contribution < 1.29 is 32.0 Å². The van der Waals surface area contributed by atoms with Gasteiger partial charge in [-0.25, -0.2) is 13.2 Å². The van der Waals surface area contributed by atoms with E-state index < -0.39 is 28.3 Å². The second-order valence-electron chi connectivity index (χ2n) is 6.64. The van der Waals surface area contributed by atoms with Gasteiger partial charge in [0.25, 0.3) is 11.8 Å². The number of hydrogen-bond acceptors (Lipinski definition) is 7. The van der Waals surface area contributed by atoms with Crippen LogP contribution in [0.5, 0.6) is 0 Å².